The predicted molar refractivity (Wildman–Crippen MR) is 78.6 cm³/mol. The van der Waals surface area contributed by atoms with Crippen molar-refractivity contribution in [3.05, 3.63) is 45.7 Å². The Morgan fingerprint density at radius 2 is 1.95 bits per heavy atom. The quantitative estimate of drug-likeness (QED) is 0.790. The highest BCUT2D eigenvalue weighted by Gasteiger charge is 2.21. The molecule has 3 nitrogen and oxygen atoms in total. The zero-order valence-corrected chi connectivity index (χ0v) is 12.0. The van der Waals surface area contributed by atoms with Crippen LogP contribution in [0.3, 0.4) is 0 Å². The molecule has 0 saturated heterocycles. The molecule has 1 aliphatic rings. The molecule has 0 fully saturated rings. The number of aromatic nitrogens is 2. The van der Waals surface area contributed by atoms with E-state index in [-0.39, 0.29) is 0 Å². The fraction of sp³-hybridized carbons (Fsp3) is 0.286. The molecule has 0 bridgehead atoms. The highest BCUT2D eigenvalue weighted by molar-refractivity contribution is 6.33. The van der Waals surface area contributed by atoms with Crippen LogP contribution >= 0.6 is 23.2 Å². The highest BCUT2D eigenvalue weighted by atomic mass is 35.5. The van der Waals surface area contributed by atoms with Crippen LogP contribution in [0.15, 0.2) is 24.3 Å². The Balaban J connectivity index is 2.11. The van der Waals surface area contributed by atoms with Crippen molar-refractivity contribution in [1.29, 1.82) is 0 Å². The molecule has 2 heterocycles. The number of rotatable bonds is 1. The van der Waals surface area contributed by atoms with Crippen molar-refractivity contribution in [2.75, 3.05) is 11.4 Å². The van der Waals surface area contributed by atoms with Gasteiger partial charge in [0.15, 0.2) is 10.3 Å². The molecule has 1 aromatic carbocycles. The molecule has 1 aromatic heterocycles. The Morgan fingerprint density at radius 1 is 1.11 bits per heavy atom. The number of hydrogen-bond acceptors (Lipinski definition) is 3. The summed E-state index contributed by atoms with van der Waals surface area (Å²) < 4.78 is 0. The lowest BCUT2D eigenvalue weighted by molar-refractivity contribution is 0.763. The van der Waals surface area contributed by atoms with Gasteiger partial charge in [-0.2, -0.15) is 0 Å². The lowest BCUT2D eigenvalue weighted by Crippen LogP contribution is -2.25. The Kier molecular flexibility index (Phi) is 3.33. The third-order valence-corrected chi connectivity index (χ3v) is 3.80. The maximum absolute atomic E-state index is 6.15. The van der Waals surface area contributed by atoms with Gasteiger partial charge in [0.2, 0.25) is 0 Å². The second-order valence-corrected chi connectivity index (χ2v) is 5.48. The first-order valence-electron chi connectivity index (χ1n) is 6.21. The molecule has 19 heavy (non-hydrogen) atoms. The number of fused-ring (bicyclic) bond motifs is 1. The number of benzene rings is 1. The second kappa shape index (κ2) is 4.99. The summed E-state index contributed by atoms with van der Waals surface area (Å²) in [4.78, 5) is 2.17. The van der Waals surface area contributed by atoms with E-state index in [4.69, 9.17) is 23.2 Å². The van der Waals surface area contributed by atoms with E-state index in [2.05, 4.69) is 40.2 Å². The first kappa shape index (κ1) is 12.7. The summed E-state index contributed by atoms with van der Waals surface area (Å²) in [6, 6.07) is 8.24. The molecule has 0 aliphatic carbocycles. The van der Waals surface area contributed by atoms with E-state index in [0.29, 0.717) is 10.3 Å². The van der Waals surface area contributed by atoms with Gasteiger partial charge in [-0.1, -0.05) is 40.9 Å². The standard InChI is InChI=1S/C14H13Cl2N3/c1-9-4-5-11-10(7-9)3-2-6-19(11)12-8-13(15)17-18-14(12)16/h4-5,7-8H,2-3,6H2,1H3. The minimum Gasteiger partial charge on any atom is -0.339 e. The van der Waals surface area contributed by atoms with Gasteiger partial charge in [0.05, 0.1) is 5.69 Å². The van der Waals surface area contributed by atoms with Crippen LogP contribution in [0.5, 0.6) is 0 Å². The predicted octanol–water partition coefficient (Wildman–Crippen LogP) is 4.18. The van der Waals surface area contributed by atoms with E-state index >= 15 is 0 Å². The van der Waals surface area contributed by atoms with Gasteiger partial charge in [0.25, 0.3) is 0 Å². The normalized spacial score (nSPS) is 14.4. The van der Waals surface area contributed by atoms with Crippen molar-refractivity contribution in [2.24, 2.45) is 0 Å². The van der Waals surface area contributed by atoms with Crippen molar-refractivity contribution in [1.82, 2.24) is 10.2 Å². The van der Waals surface area contributed by atoms with E-state index in [9.17, 15) is 0 Å². The first-order chi connectivity index (χ1) is 9.15. The molecule has 1 aliphatic heterocycles. The van der Waals surface area contributed by atoms with E-state index in [0.717, 1.165) is 25.1 Å². The Bertz CT molecular complexity index is 628. The van der Waals surface area contributed by atoms with Gasteiger partial charge in [0.1, 0.15) is 0 Å². The first-order valence-corrected chi connectivity index (χ1v) is 6.96. The molecule has 98 valence electrons. The molecular weight excluding hydrogens is 281 g/mol. The molecule has 0 atom stereocenters. The van der Waals surface area contributed by atoms with Crippen molar-refractivity contribution in [3.63, 3.8) is 0 Å². The molecule has 0 unspecified atom stereocenters. The lowest BCUT2D eigenvalue weighted by Gasteiger charge is -2.31. The van der Waals surface area contributed by atoms with Gasteiger partial charge >= 0.3 is 0 Å². The van der Waals surface area contributed by atoms with Crippen molar-refractivity contribution in [2.45, 2.75) is 19.8 Å². The van der Waals surface area contributed by atoms with Crippen LogP contribution in [0.1, 0.15) is 17.5 Å². The van der Waals surface area contributed by atoms with Crippen LogP contribution in [0.25, 0.3) is 0 Å². The molecule has 0 saturated carbocycles. The van der Waals surface area contributed by atoms with E-state index in [1.807, 2.05) is 0 Å². The fourth-order valence-electron chi connectivity index (χ4n) is 2.51. The molecule has 3 rings (SSSR count). The molecule has 5 heteroatoms. The zero-order valence-electron chi connectivity index (χ0n) is 10.5. The van der Waals surface area contributed by atoms with Crippen LogP contribution in [0.4, 0.5) is 11.4 Å². The Labute approximate surface area is 122 Å². The summed E-state index contributed by atoms with van der Waals surface area (Å²) in [6.45, 7) is 3.02. The molecular formula is C14H13Cl2N3. The topological polar surface area (TPSA) is 29.0 Å². The Morgan fingerprint density at radius 3 is 2.79 bits per heavy atom. The van der Waals surface area contributed by atoms with Crippen LogP contribution in [-0.4, -0.2) is 16.7 Å². The van der Waals surface area contributed by atoms with E-state index in [1.54, 1.807) is 6.07 Å². The number of hydrogen-bond donors (Lipinski definition) is 0. The largest absolute Gasteiger partial charge is 0.339 e. The lowest BCUT2D eigenvalue weighted by atomic mass is 9.99. The maximum atomic E-state index is 6.15. The summed E-state index contributed by atoms with van der Waals surface area (Å²) >= 11 is 12.1. The van der Waals surface area contributed by atoms with Gasteiger partial charge < -0.3 is 4.90 Å². The molecule has 0 amide bonds. The fourth-order valence-corrected chi connectivity index (χ4v) is 2.85. The van der Waals surface area contributed by atoms with Gasteiger partial charge in [-0.15, -0.1) is 10.2 Å². The Hall–Kier alpha value is -1.32. The monoisotopic (exact) mass is 293 g/mol. The third-order valence-electron chi connectivity index (χ3n) is 3.34. The van der Waals surface area contributed by atoms with E-state index < -0.39 is 0 Å². The average molecular weight is 294 g/mol. The maximum Gasteiger partial charge on any atom is 0.175 e. The summed E-state index contributed by atoms with van der Waals surface area (Å²) in [5.74, 6) is 0. The summed E-state index contributed by atoms with van der Waals surface area (Å²) in [7, 11) is 0. The van der Waals surface area contributed by atoms with Crippen LogP contribution in [-0.2, 0) is 6.42 Å². The number of aryl methyl sites for hydroxylation is 2. The van der Waals surface area contributed by atoms with Crippen LogP contribution in [0, 0.1) is 6.92 Å². The van der Waals surface area contributed by atoms with Gasteiger partial charge in [-0.05, 0) is 31.4 Å². The van der Waals surface area contributed by atoms with Crippen LogP contribution in [0.2, 0.25) is 10.3 Å². The third kappa shape index (κ3) is 2.40. The van der Waals surface area contributed by atoms with Crippen molar-refractivity contribution < 1.29 is 0 Å². The summed E-state index contributed by atoms with van der Waals surface area (Å²) in [6.07, 6.45) is 2.18. The number of anilines is 2. The van der Waals surface area contributed by atoms with Gasteiger partial charge in [0, 0.05) is 18.3 Å². The number of nitrogens with zero attached hydrogens (tertiary/aromatic N) is 3. The van der Waals surface area contributed by atoms with Crippen molar-refractivity contribution in [3.8, 4) is 0 Å². The highest BCUT2D eigenvalue weighted by Crippen LogP contribution is 2.37. The SMILES string of the molecule is Cc1ccc2c(c1)CCCN2c1cc(Cl)nnc1Cl. The van der Waals surface area contributed by atoms with Crippen molar-refractivity contribution >= 4 is 34.6 Å². The van der Waals surface area contributed by atoms with Gasteiger partial charge in [-0.3, -0.25) is 0 Å². The summed E-state index contributed by atoms with van der Waals surface area (Å²) in [5, 5.41) is 8.39. The molecule has 2 aromatic rings. The second-order valence-electron chi connectivity index (χ2n) is 4.73. The minimum atomic E-state index is 0.360. The summed E-state index contributed by atoms with van der Waals surface area (Å²) in [5.41, 5.74) is 4.63. The molecule has 0 radical (unpaired) electrons. The smallest absolute Gasteiger partial charge is 0.175 e. The zero-order chi connectivity index (χ0) is 13.4. The molecule has 0 spiro atoms. The van der Waals surface area contributed by atoms with Gasteiger partial charge in [-0.25, -0.2) is 0 Å². The van der Waals surface area contributed by atoms with E-state index in [1.165, 1.54) is 16.8 Å². The number of halogens is 2. The molecule has 0 N–H and O–H groups in total. The minimum absolute atomic E-state index is 0.360. The van der Waals surface area contributed by atoms with Crippen LogP contribution < -0.4 is 4.90 Å². The average Bonchev–Trinajstić information content (AvgIpc) is 2.40.